The van der Waals surface area contributed by atoms with Crippen molar-refractivity contribution < 1.29 is 22.8 Å². The number of hydrogen-bond donors (Lipinski definition) is 1. The zero-order chi connectivity index (χ0) is 21.3. The van der Waals surface area contributed by atoms with Crippen LogP contribution in [0.4, 0.5) is 18.9 Å². The summed E-state index contributed by atoms with van der Waals surface area (Å²) < 4.78 is 39.2. The van der Waals surface area contributed by atoms with E-state index in [4.69, 9.17) is 0 Å². The number of nitrogens with one attached hydrogen (secondary N) is 1. The molecule has 1 aromatic carbocycles. The second-order valence-electron chi connectivity index (χ2n) is 8.89. The number of anilines is 1. The fourth-order valence-electron chi connectivity index (χ4n) is 5.37. The van der Waals surface area contributed by atoms with Crippen molar-refractivity contribution in [1.29, 1.82) is 0 Å². The van der Waals surface area contributed by atoms with Crippen LogP contribution in [0.2, 0.25) is 0 Å². The summed E-state index contributed by atoms with van der Waals surface area (Å²) in [6, 6.07) is 4.97. The zero-order valence-corrected chi connectivity index (χ0v) is 17.0. The molecule has 3 atom stereocenters. The summed E-state index contributed by atoms with van der Waals surface area (Å²) in [6.45, 7) is 2.24. The molecule has 8 heteroatoms. The van der Waals surface area contributed by atoms with E-state index in [1.54, 1.807) is 0 Å². The second-order valence-corrected chi connectivity index (χ2v) is 8.89. The van der Waals surface area contributed by atoms with Gasteiger partial charge in [0.2, 0.25) is 11.8 Å². The van der Waals surface area contributed by atoms with Crippen molar-refractivity contribution in [3.63, 3.8) is 0 Å². The normalized spacial score (nSPS) is 26.8. The SMILES string of the molecule is O=C(CN1CCN(C(=O)CC2CC3CCC2C3)CC1)Nc1ccccc1C(F)(F)F. The Kier molecular flexibility index (Phi) is 6.04. The lowest BCUT2D eigenvalue weighted by Gasteiger charge is -2.35. The quantitative estimate of drug-likeness (QED) is 0.787. The molecule has 5 nitrogen and oxygen atoms in total. The van der Waals surface area contributed by atoms with Gasteiger partial charge in [0.15, 0.2) is 0 Å². The standard InChI is InChI=1S/C22H28F3N3O2/c23-22(24,25)18-3-1-2-4-19(18)26-20(29)14-27-7-9-28(10-8-27)21(30)13-17-12-15-5-6-16(17)11-15/h1-4,15-17H,5-14H2,(H,26,29). The number of carbonyl (C=O) groups is 2. The average molecular weight is 423 g/mol. The van der Waals surface area contributed by atoms with Crippen LogP contribution in [0.15, 0.2) is 24.3 Å². The van der Waals surface area contributed by atoms with Crippen LogP contribution in [0.5, 0.6) is 0 Å². The monoisotopic (exact) mass is 423 g/mol. The van der Waals surface area contributed by atoms with Crippen molar-refractivity contribution in [1.82, 2.24) is 9.80 Å². The number of amides is 2. The second kappa shape index (κ2) is 8.57. The van der Waals surface area contributed by atoms with E-state index in [0.29, 0.717) is 38.5 Å². The van der Waals surface area contributed by atoms with Gasteiger partial charge >= 0.3 is 6.18 Å². The van der Waals surface area contributed by atoms with E-state index in [1.807, 2.05) is 9.80 Å². The van der Waals surface area contributed by atoms with Crippen molar-refractivity contribution in [2.24, 2.45) is 17.8 Å². The summed E-state index contributed by atoms with van der Waals surface area (Å²) in [5, 5.41) is 2.38. The van der Waals surface area contributed by atoms with E-state index in [1.165, 1.54) is 43.9 Å². The van der Waals surface area contributed by atoms with Crippen LogP contribution in [-0.4, -0.2) is 54.3 Å². The molecule has 3 unspecified atom stereocenters. The Labute approximate surface area is 174 Å². The first-order valence-electron chi connectivity index (χ1n) is 10.8. The number of nitrogens with zero attached hydrogens (tertiary/aromatic N) is 2. The minimum Gasteiger partial charge on any atom is -0.340 e. The Hall–Kier alpha value is -2.09. The van der Waals surface area contributed by atoms with Gasteiger partial charge < -0.3 is 10.2 Å². The minimum atomic E-state index is -4.52. The smallest absolute Gasteiger partial charge is 0.340 e. The Balaban J connectivity index is 1.23. The molecule has 1 heterocycles. The topological polar surface area (TPSA) is 52.7 Å². The highest BCUT2D eigenvalue weighted by Crippen LogP contribution is 2.49. The van der Waals surface area contributed by atoms with E-state index >= 15 is 0 Å². The van der Waals surface area contributed by atoms with Crippen molar-refractivity contribution in [3.8, 4) is 0 Å². The Morgan fingerprint density at radius 2 is 1.77 bits per heavy atom. The van der Waals surface area contributed by atoms with E-state index in [0.717, 1.165) is 17.9 Å². The molecule has 1 saturated heterocycles. The number of halogens is 3. The molecule has 2 aliphatic carbocycles. The number of carbonyl (C=O) groups excluding carboxylic acids is 2. The maximum absolute atomic E-state index is 13.1. The van der Waals surface area contributed by atoms with Crippen molar-refractivity contribution >= 4 is 17.5 Å². The summed E-state index contributed by atoms with van der Waals surface area (Å²) in [4.78, 5) is 28.7. The molecule has 3 aliphatic rings. The maximum Gasteiger partial charge on any atom is 0.418 e. The molecule has 30 heavy (non-hydrogen) atoms. The third kappa shape index (κ3) is 4.79. The van der Waals surface area contributed by atoms with Crippen LogP contribution < -0.4 is 5.32 Å². The van der Waals surface area contributed by atoms with Crippen molar-refractivity contribution in [2.45, 2.75) is 38.3 Å². The van der Waals surface area contributed by atoms with Crippen LogP contribution in [0.25, 0.3) is 0 Å². The number of alkyl halides is 3. The van der Waals surface area contributed by atoms with Gasteiger partial charge in [0.25, 0.3) is 0 Å². The number of benzene rings is 1. The molecule has 1 aliphatic heterocycles. The van der Waals surface area contributed by atoms with Crippen molar-refractivity contribution in [3.05, 3.63) is 29.8 Å². The third-order valence-corrected chi connectivity index (χ3v) is 6.92. The summed E-state index contributed by atoms with van der Waals surface area (Å²) in [5.74, 6) is 1.81. The molecular formula is C22H28F3N3O2. The molecule has 0 aromatic heterocycles. The van der Waals surface area contributed by atoms with Gasteiger partial charge in [0, 0.05) is 32.6 Å². The van der Waals surface area contributed by atoms with E-state index in [9.17, 15) is 22.8 Å². The van der Waals surface area contributed by atoms with Gasteiger partial charge in [0.05, 0.1) is 17.8 Å². The van der Waals surface area contributed by atoms with Gasteiger partial charge in [-0.1, -0.05) is 18.6 Å². The fraction of sp³-hybridized carbons (Fsp3) is 0.636. The predicted molar refractivity (Wildman–Crippen MR) is 107 cm³/mol. The lowest BCUT2D eigenvalue weighted by atomic mass is 9.86. The van der Waals surface area contributed by atoms with Gasteiger partial charge in [-0.3, -0.25) is 14.5 Å². The molecule has 164 valence electrons. The summed E-state index contributed by atoms with van der Waals surface area (Å²) in [6.07, 6.45) is 1.19. The summed E-state index contributed by atoms with van der Waals surface area (Å²) >= 11 is 0. The van der Waals surface area contributed by atoms with Crippen molar-refractivity contribution in [2.75, 3.05) is 38.0 Å². The molecule has 1 N–H and O–H groups in total. The van der Waals surface area contributed by atoms with Gasteiger partial charge in [-0.15, -0.1) is 0 Å². The fourth-order valence-corrected chi connectivity index (χ4v) is 5.37. The highest BCUT2D eigenvalue weighted by molar-refractivity contribution is 5.93. The molecule has 2 amide bonds. The predicted octanol–water partition coefficient (Wildman–Crippen LogP) is 3.61. The van der Waals surface area contributed by atoms with E-state index < -0.39 is 17.6 Å². The number of rotatable bonds is 5. The van der Waals surface area contributed by atoms with Crippen LogP contribution >= 0.6 is 0 Å². The highest BCUT2D eigenvalue weighted by Gasteiger charge is 2.41. The number of hydrogen-bond acceptors (Lipinski definition) is 3. The van der Waals surface area contributed by atoms with Crippen LogP contribution in [0, 0.1) is 17.8 Å². The molecule has 1 aromatic rings. The van der Waals surface area contributed by atoms with Crippen LogP contribution in [-0.2, 0) is 15.8 Å². The van der Waals surface area contributed by atoms with Gasteiger partial charge in [-0.2, -0.15) is 13.2 Å². The van der Waals surface area contributed by atoms with Gasteiger partial charge in [-0.05, 0) is 49.1 Å². The highest BCUT2D eigenvalue weighted by atomic mass is 19.4. The van der Waals surface area contributed by atoms with Gasteiger partial charge in [0.1, 0.15) is 0 Å². The lowest BCUT2D eigenvalue weighted by molar-refractivity contribution is -0.137. The largest absolute Gasteiger partial charge is 0.418 e. The minimum absolute atomic E-state index is 0.0145. The van der Waals surface area contributed by atoms with Gasteiger partial charge in [-0.25, -0.2) is 0 Å². The first kappa shape index (κ1) is 21.2. The molecular weight excluding hydrogens is 395 g/mol. The molecule has 0 radical (unpaired) electrons. The Bertz CT molecular complexity index is 790. The first-order chi connectivity index (χ1) is 14.3. The molecule has 2 saturated carbocycles. The number of para-hydroxylation sites is 1. The Morgan fingerprint density at radius 1 is 1.03 bits per heavy atom. The number of fused-ring (bicyclic) bond motifs is 2. The number of piperazine rings is 1. The first-order valence-corrected chi connectivity index (χ1v) is 10.8. The molecule has 2 bridgehead atoms. The third-order valence-electron chi connectivity index (χ3n) is 6.92. The van der Waals surface area contributed by atoms with E-state index in [2.05, 4.69) is 5.32 Å². The van der Waals surface area contributed by atoms with E-state index in [-0.39, 0.29) is 18.1 Å². The summed E-state index contributed by atoms with van der Waals surface area (Å²) in [5.41, 5.74) is -1.08. The molecule has 4 rings (SSSR count). The van der Waals surface area contributed by atoms with Crippen LogP contribution in [0.3, 0.4) is 0 Å². The maximum atomic E-state index is 13.1. The zero-order valence-electron chi connectivity index (χ0n) is 17.0. The average Bonchev–Trinajstić information content (AvgIpc) is 3.31. The molecule has 3 fully saturated rings. The Morgan fingerprint density at radius 3 is 2.40 bits per heavy atom. The summed E-state index contributed by atoms with van der Waals surface area (Å²) in [7, 11) is 0. The lowest BCUT2D eigenvalue weighted by Crippen LogP contribution is -2.50. The molecule has 0 spiro atoms. The van der Waals surface area contributed by atoms with Crippen LogP contribution in [0.1, 0.15) is 37.7 Å².